The third-order valence-electron chi connectivity index (χ3n) is 4.17. The van der Waals surface area contributed by atoms with Gasteiger partial charge in [-0.3, -0.25) is 10.1 Å². The molecule has 0 spiro atoms. The average Bonchev–Trinajstić information content (AvgIpc) is 2.88. The highest BCUT2D eigenvalue weighted by Crippen LogP contribution is 2.26. The Bertz CT molecular complexity index is 905. The van der Waals surface area contributed by atoms with Crippen LogP contribution in [0.25, 0.3) is 0 Å². The molecule has 1 aromatic carbocycles. The number of nitro groups is 1. The van der Waals surface area contributed by atoms with Crippen molar-refractivity contribution in [2.75, 3.05) is 31.1 Å². The molecule has 0 saturated carbocycles. The van der Waals surface area contributed by atoms with E-state index in [0.717, 1.165) is 12.1 Å². The van der Waals surface area contributed by atoms with Gasteiger partial charge < -0.3 is 4.90 Å². The molecule has 8 nitrogen and oxygen atoms in total. The number of hydrogen-bond acceptors (Lipinski definition) is 6. The Morgan fingerprint density at radius 1 is 1.08 bits per heavy atom. The van der Waals surface area contributed by atoms with E-state index in [9.17, 15) is 22.9 Å². The van der Waals surface area contributed by atoms with Crippen molar-refractivity contribution in [1.29, 1.82) is 0 Å². The molecule has 0 bridgehead atoms. The van der Waals surface area contributed by atoms with Crippen molar-refractivity contribution in [3.63, 3.8) is 0 Å². The summed E-state index contributed by atoms with van der Waals surface area (Å²) < 4.78 is 39.8. The highest BCUT2D eigenvalue weighted by molar-refractivity contribution is 7.89. The first-order chi connectivity index (χ1) is 12.4. The molecule has 0 radical (unpaired) electrons. The van der Waals surface area contributed by atoms with Gasteiger partial charge >= 0.3 is 5.69 Å². The van der Waals surface area contributed by atoms with Gasteiger partial charge in [-0.1, -0.05) is 0 Å². The molecule has 1 aromatic heterocycles. The Hall–Kier alpha value is -2.59. The molecule has 10 heteroatoms. The highest BCUT2D eigenvalue weighted by Gasteiger charge is 2.29. The largest absolute Gasteiger partial charge is 0.350 e. The molecule has 2 aromatic rings. The van der Waals surface area contributed by atoms with Gasteiger partial charge in [0, 0.05) is 38.4 Å². The van der Waals surface area contributed by atoms with Crippen molar-refractivity contribution < 1.29 is 17.7 Å². The lowest BCUT2D eigenvalue weighted by molar-refractivity contribution is -0.384. The molecule has 138 valence electrons. The van der Waals surface area contributed by atoms with Crippen molar-refractivity contribution in [3.8, 4) is 0 Å². The second-order valence-corrected chi connectivity index (χ2v) is 7.74. The van der Waals surface area contributed by atoms with Gasteiger partial charge in [-0.2, -0.15) is 4.31 Å². The lowest BCUT2D eigenvalue weighted by Crippen LogP contribution is -2.35. The normalized spacial score (nSPS) is 16.3. The summed E-state index contributed by atoms with van der Waals surface area (Å²) >= 11 is 0. The van der Waals surface area contributed by atoms with Gasteiger partial charge in [0.25, 0.3) is 0 Å². The zero-order valence-corrected chi connectivity index (χ0v) is 14.6. The average molecular weight is 380 g/mol. The molecule has 1 aliphatic rings. The number of anilines is 1. The molecule has 0 unspecified atom stereocenters. The molecule has 0 aliphatic carbocycles. The summed E-state index contributed by atoms with van der Waals surface area (Å²) in [6.45, 7) is 1.16. The van der Waals surface area contributed by atoms with Crippen molar-refractivity contribution in [1.82, 2.24) is 9.29 Å². The van der Waals surface area contributed by atoms with Crippen LogP contribution in [0.2, 0.25) is 0 Å². The summed E-state index contributed by atoms with van der Waals surface area (Å²) in [7, 11) is -3.75. The Morgan fingerprint density at radius 3 is 2.50 bits per heavy atom. The molecule has 1 fully saturated rings. The summed E-state index contributed by atoms with van der Waals surface area (Å²) in [6.07, 6.45) is 1.97. The van der Waals surface area contributed by atoms with Crippen molar-refractivity contribution in [2.24, 2.45) is 0 Å². The van der Waals surface area contributed by atoms with Gasteiger partial charge in [0.05, 0.1) is 9.82 Å². The summed E-state index contributed by atoms with van der Waals surface area (Å²) in [5.74, 6) is -0.271. The minimum Gasteiger partial charge on any atom is -0.350 e. The van der Waals surface area contributed by atoms with E-state index in [-0.39, 0.29) is 36.0 Å². The van der Waals surface area contributed by atoms with Crippen LogP contribution in [0.4, 0.5) is 15.9 Å². The van der Waals surface area contributed by atoms with E-state index < -0.39 is 20.8 Å². The van der Waals surface area contributed by atoms with Crippen LogP contribution < -0.4 is 4.90 Å². The number of hydrogen-bond donors (Lipinski definition) is 0. The van der Waals surface area contributed by atoms with Crippen LogP contribution in [0, 0.1) is 15.9 Å². The molecule has 1 saturated heterocycles. The maximum Gasteiger partial charge on any atom is 0.311 e. The number of pyridine rings is 1. The zero-order chi connectivity index (χ0) is 18.7. The fourth-order valence-corrected chi connectivity index (χ4v) is 4.35. The molecular formula is C16H17FN4O4S. The minimum absolute atomic E-state index is 0.0242. The summed E-state index contributed by atoms with van der Waals surface area (Å²) in [6, 6.07) is 7.54. The lowest BCUT2D eigenvalue weighted by Gasteiger charge is -2.22. The van der Waals surface area contributed by atoms with Crippen LogP contribution in [0.15, 0.2) is 47.5 Å². The van der Waals surface area contributed by atoms with E-state index >= 15 is 0 Å². The fraction of sp³-hybridized carbons (Fsp3) is 0.312. The smallest absolute Gasteiger partial charge is 0.311 e. The molecule has 2 heterocycles. The number of rotatable bonds is 4. The minimum atomic E-state index is -3.75. The van der Waals surface area contributed by atoms with E-state index in [1.807, 2.05) is 0 Å². The van der Waals surface area contributed by atoms with Gasteiger partial charge in [-0.25, -0.2) is 17.8 Å². The van der Waals surface area contributed by atoms with Crippen LogP contribution in [0.5, 0.6) is 0 Å². The van der Waals surface area contributed by atoms with Crippen LogP contribution in [-0.2, 0) is 10.0 Å². The quantitative estimate of drug-likeness (QED) is 0.595. The molecule has 1 aliphatic heterocycles. The molecule has 0 amide bonds. The summed E-state index contributed by atoms with van der Waals surface area (Å²) in [5, 5.41) is 11.2. The molecule has 26 heavy (non-hydrogen) atoms. The van der Waals surface area contributed by atoms with E-state index in [1.165, 1.54) is 34.8 Å². The topological polar surface area (TPSA) is 96.7 Å². The number of nitrogens with zero attached hydrogens (tertiary/aromatic N) is 4. The SMILES string of the molecule is O=[N+]([O-])c1cccnc1N1CCCN(S(=O)(=O)c2ccc(F)cc2)CC1. The molecular weight excluding hydrogens is 363 g/mol. The molecule has 0 atom stereocenters. The predicted molar refractivity (Wildman–Crippen MR) is 92.9 cm³/mol. The Morgan fingerprint density at radius 2 is 1.81 bits per heavy atom. The Labute approximate surface area is 150 Å². The monoisotopic (exact) mass is 380 g/mol. The van der Waals surface area contributed by atoms with E-state index in [4.69, 9.17) is 0 Å². The number of benzene rings is 1. The number of aromatic nitrogens is 1. The standard InChI is InChI=1S/C16H17FN4O4S/c17-13-4-6-14(7-5-13)26(24,25)20-10-2-9-19(11-12-20)16-15(21(22)23)3-1-8-18-16/h1,3-8H,2,9-12H2. The van der Waals surface area contributed by atoms with Gasteiger partial charge in [0.1, 0.15) is 5.82 Å². The fourth-order valence-electron chi connectivity index (χ4n) is 2.88. The second kappa shape index (κ2) is 7.34. The Kier molecular flexibility index (Phi) is 5.14. The zero-order valence-electron chi connectivity index (χ0n) is 13.8. The second-order valence-electron chi connectivity index (χ2n) is 5.80. The van der Waals surface area contributed by atoms with Gasteiger partial charge in [-0.05, 0) is 36.8 Å². The van der Waals surface area contributed by atoms with Crippen LogP contribution in [0.1, 0.15) is 6.42 Å². The van der Waals surface area contributed by atoms with Gasteiger partial charge in [0.15, 0.2) is 0 Å². The van der Waals surface area contributed by atoms with Gasteiger partial charge in [-0.15, -0.1) is 0 Å². The summed E-state index contributed by atoms with van der Waals surface area (Å²) in [5.41, 5.74) is -0.109. The third-order valence-corrected chi connectivity index (χ3v) is 6.08. The first kappa shape index (κ1) is 18.2. The van der Waals surface area contributed by atoms with E-state index in [2.05, 4.69) is 4.98 Å². The number of halogens is 1. The van der Waals surface area contributed by atoms with Crippen LogP contribution in [-0.4, -0.2) is 48.8 Å². The van der Waals surface area contributed by atoms with Crippen LogP contribution >= 0.6 is 0 Å². The maximum absolute atomic E-state index is 13.0. The molecule has 0 N–H and O–H groups in total. The van der Waals surface area contributed by atoms with E-state index in [0.29, 0.717) is 13.0 Å². The lowest BCUT2D eigenvalue weighted by atomic mass is 10.3. The van der Waals surface area contributed by atoms with Crippen molar-refractivity contribution in [3.05, 3.63) is 58.5 Å². The summed E-state index contributed by atoms with van der Waals surface area (Å²) in [4.78, 5) is 16.5. The first-order valence-corrected chi connectivity index (χ1v) is 9.43. The van der Waals surface area contributed by atoms with Gasteiger partial charge in [0.2, 0.25) is 15.8 Å². The highest BCUT2D eigenvalue weighted by atomic mass is 32.2. The number of sulfonamides is 1. The van der Waals surface area contributed by atoms with Crippen molar-refractivity contribution in [2.45, 2.75) is 11.3 Å². The maximum atomic E-state index is 13.0. The first-order valence-electron chi connectivity index (χ1n) is 7.99. The third kappa shape index (κ3) is 3.65. The van der Waals surface area contributed by atoms with Crippen LogP contribution in [0.3, 0.4) is 0 Å². The van der Waals surface area contributed by atoms with E-state index in [1.54, 1.807) is 4.90 Å². The Balaban J connectivity index is 1.81. The van der Waals surface area contributed by atoms with Crippen molar-refractivity contribution >= 4 is 21.5 Å². The molecule has 3 rings (SSSR count). The predicted octanol–water partition coefficient (Wildman–Crippen LogP) is 2.03.